The first kappa shape index (κ1) is 25.3. The van der Waals surface area contributed by atoms with E-state index in [1.807, 2.05) is 30.3 Å². The zero-order valence-corrected chi connectivity index (χ0v) is 19.8. The Balaban J connectivity index is 1.95. The van der Waals surface area contributed by atoms with E-state index in [0.29, 0.717) is 28.2 Å². The number of nitrogens with one attached hydrogen (secondary N) is 2. The molecule has 0 aromatic heterocycles. The van der Waals surface area contributed by atoms with Crippen LogP contribution in [-0.2, 0) is 14.4 Å². The predicted molar refractivity (Wildman–Crippen MR) is 127 cm³/mol. The zero-order valence-electron chi connectivity index (χ0n) is 19.8. The molecule has 0 fully saturated rings. The molecule has 2 aromatic rings. The number of methoxy groups -OCH3 is 2. The van der Waals surface area contributed by atoms with Gasteiger partial charge in [0.05, 0.1) is 26.7 Å². The number of amides is 3. The molecule has 10 heteroatoms. The predicted octanol–water partition coefficient (Wildman–Crippen LogP) is 2.50. The first-order chi connectivity index (χ1) is 16.7. The lowest BCUT2D eigenvalue weighted by molar-refractivity contribution is -0.138. The number of ketones is 1. The number of hydrogen-bond acceptors (Lipinski definition) is 6. The van der Waals surface area contributed by atoms with Crippen LogP contribution in [0.4, 0.5) is 4.79 Å². The maximum absolute atomic E-state index is 12.8. The van der Waals surface area contributed by atoms with Gasteiger partial charge in [-0.05, 0) is 30.2 Å². The van der Waals surface area contributed by atoms with Gasteiger partial charge in [-0.1, -0.05) is 30.3 Å². The highest BCUT2D eigenvalue weighted by atomic mass is 16.5. The van der Waals surface area contributed by atoms with Gasteiger partial charge in [0.25, 0.3) is 5.91 Å². The van der Waals surface area contributed by atoms with Gasteiger partial charge < -0.3 is 30.1 Å². The number of benzene rings is 2. The lowest BCUT2D eigenvalue weighted by atomic mass is 9.96. The second kappa shape index (κ2) is 10.7. The molecule has 0 radical (unpaired) electrons. The maximum atomic E-state index is 12.8. The average Bonchev–Trinajstić information content (AvgIpc) is 2.84. The number of aliphatic carboxylic acids is 1. The number of Topliss-reactive ketones (excluding diaryl/α,β-unsaturated/α-hetero) is 1. The van der Waals surface area contributed by atoms with Gasteiger partial charge in [0.2, 0.25) is 0 Å². The fourth-order valence-electron chi connectivity index (χ4n) is 3.87. The van der Waals surface area contributed by atoms with Crippen molar-refractivity contribution in [1.29, 1.82) is 0 Å². The minimum absolute atomic E-state index is 0.312. The molecular formula is C25H27N3O7. The van der Waals surface area contributed by atoms with Crippen LogP contribution >= 0.6 is 0 Å². The first-order valence-electron chi connectivity index (χ1n) is 10.8. The number of hydrogen-bond donors (Lipinski definition) is 3. The van der Waals surface area contributed by atoms with Crippen LogP contribution in [0.15, 0.2) is 54.2 Å². The van der Waals surface area contributed by atoms with Crippen LogP contribution in [0.2, 0.25) is 0 Å². The SMILES string of the molecule is COc1cc(C(CC(=O)O)NC(=O)NC2C(=O)C(C)=CN(C)C2=O)cc(-c2ccccc2)c1OC. The number of carboxylic acids is 1. The minimum atomic E-state index is -1.40. The van der Waals surface area contributed by atoms with E-state index in [1.54, 1.807) is 19.1 Å². The van der Waals surface area contributed by atoms with Gasteiger partial charge >= 0.3 is 12.0 Å². The molecule has 3 rings (SSSR count). The lowest BCUT2D eigenvalue weighted by Crippen LogP contribution is -2.56. The molecule has 0 bridgehead atoms. The van der Waals surface area contributed by atoms with Crippen LogP contribution in [0.5, 0.6) is 11.5 Å². The van der Waals surface area contributed by atoms with Crippen molar-refractivity contribution in [3.63, 3.8) is 0 Å². The molecule has 35 heavy (non-hydrogen) atoms. The van der Waals surface area contributed by atoms with Crippen LogP contribution in [0.3, 0.4) is 0 Å². The van der Waals surface area contributed by atoms with E-state index in [2.05, 4.69) is 10.6 Å². The molecule has 2 aromatic carbocycles. The number of nitrogens with zero attached hydrogens (tertiary/aromatic N) is 1. The Labute approximate surface area is 202 Å². The number of likely N-dealkylation sites (N-methyl/N-ethyl adjacent to an activating group) is 1. The molecule has 2 unspecified atom stereocenters. The van der Waals surface area contributed by atoms with Crippen LogP contribution in [0.1, 0.15) is 24.9 Å². The summed E-state index contributed by atoms with van der Waals surface area (Å²) in [4.78, 5) is 50.5. The fourth-order valence-corrected chi connectivity index (χ4v) is 3.87. The van der Waals surface area contributed by atoms with Crippen molar-refractivity contribution in [2.75, 3.05) is 21.3 Å². The Morgan fingerprint density at radius 2 is 1.80 bits per heavy atom. The summed E-state index contributed by atoms with van der Waals surface area (Å²) in [6.07, 6.45) is 0.936. The summed E-state index contributed by atoms with van der Waals surface area (Å²) in [6.45, 7) is 1.54. The third-order valence-electron chi connectivity index (χ3n) is 5.58. The van der Waals surface area contributed by atoms with Gasteiger partial charge in [-0.25, -0.2) is 4.79 Å². The van der Waals surface area contributed by atoms with E-state index in [9.17, 15) is 24.3 Å². The van der Waals surface area contributed by atoms with Crippen molar-refractivity contribution in [2.24, 2.45) is 0 Å². The van der Waals surface area contributed by atoms with Gasteiger partial charge in [-0.2, -0.15) is 0 Å². The topological polar surface area (TPSA) is 134 Å². The summed E-state index contributed by atoms with van der Waals surface area (Å²) in [5, 5.41) is 14.4. The molecular weight excluding hydrogens is 454 g/mol. The normalized spacial score (nSPS) is 16.3. The Bertz CT molecular complexity index is 1180. The van der Waals surface area contributed by atoms with Crippen LogP contribution in [0.25, 0.3) is 11.1 Å². The standard InChI is InChI=1S/C25H27N3O7/c1-14-13-28(2)24(32)21(22(14)31)27-25(33)26-18(12-20(29)30)16-10-17(15-8-6-5-7-9-15)23(35-4)19(11-16)34-3/h5-11,13,18,21H,12H2,1-4H3,(H,29,30)(H2,26,27,33). The summed E-state index contributed by atoms with van der Waals surface area (Å²) in [6, 6.07) is 9.30. The third kappa shape index (κ3) is 5.60. The van der Waals surface area contributed by atoms with Crippen molar-refractivity contribution in [3.8, 4) is 22.6 Å². The van der Waals surface area contributed by atoms with Crippen molar-refractivity contribution in [2.45, 2.75) is 25.4 Å². The first-order valence-corrected chi connectivity index (χ1v) is 10.8. The molecule has 2 atom stereocenters. The van der Waals surface area contributed by atoms with Crippen LogP contribution < -0.4 is 20.1 Å². The molecule has 1 aliphatic rings. The maximum Gasteiger partial charge on any atom is 0.316 e. The van der Waals surface area contributed by atoms with E-state index in [4.69, 9.17) is 9.47 Å². The van der Waals surface area contributed by atoms with E-state index < -0.39 is 42.2 Å². The van der Waals surface area contributed by atoms with Crippen molar-refractivity contribution >= 4 is 23.7 Å². The second-order valence-electron chi connectivity index (χ2n) is 8.00. The molecule has 0 saturated carbocycles. The van der Waals surface area contributed by atoms with Crippen LogP contribution in [-0.4, -0.2) is 61.0 Å². The summed E-state index contributed by atoms with van der Waals surface area (Å²) in [5.41, 5.74) is 2.19. The molecule has 3 N–H and O–H groups in total. The Hall–Kier alpha value is -4.34. The van der Waals surface area contributed by atoms with E-state index in [-0.39, 0.29) is 0 Å². The Morgan fingerprint density at radius 3 is 2.40 bits per heavy atom. The lowest BCUT2D eigenvalue weighted by Gasteiger charge is -2.27. The van der Waals surface area contributed by atoms with Crippen LogP contribution in [0, 0.1) is 0 Å². The summed E-state index contributed by atoms with van der Waals surface area (Å²) in [7, 11) is 4.43. The second-order valence-corrected chi connectivity index (χ2v) is 8.00. The highest BCUT2D eigenvalue weighted by molar-refractivity contribution is 6.16. The highest BCUT2D eigenvalue weighted by Gasteiger charge is 2.35. The van der Waals surface area contributed by atoms with Gasteiger partial charge in [0, 0.05) is 24.4 Å². The third-order valence-corrected chi connectivity index (χ3v) is 5.58. The number of rotatable bonds is 8. The fraction of sp³-hybridized carbons (Fsp3) is 0.280. The quantitative estimate of drug-likeness (QED) is 0.493. The number of carbonyl (C=O) groups excluding carboxylic acids is 3. The Morgan fingerprint density at radius 1 is 1.11 bits per heavy atom. The zero-order chi connectivity index (χ0) is 25.7. The summed E-state index contributed by atoms with van der Waals surface area (Å²) < 4.78 is 11.0. The molecule has 0 spiro atoms. The van der Waals surface area contributed by atoms with E-state index in [1.165, 1.54) is 32.4 Å². The molecule has 0 aliphatic carbocycles. The number of ether oxygens (including phenoxy) is 2. The molecule has 10 nitrogen and oxygen atoms in total. The molecule has 1 heterocycles. The highest BCUT2D eigenvalue weighted by Crippen LogP contribution is 2.41. The van der Waals surface area contributed by atoms with Gasteiger partial charge in [-0.3, -0.25) is 14.4 Å². The Kier molecular flexibility index (Phi) is 7.75. The van der Waals surface area contributed by atoms with E-state index in [0.717, 1.165) is 5.56 Å². The number of carbonyl (C=O) groups is 4. The molecule has 1 aliphatic heterocycles. The van der Waals surface area contributed by atoms with E-state index >= 15 is 0 Å². The van der Waals surface area contributed by atoms with Crippen molar-refractivity contribution in [1.82, 2.24) is 15.5 Å². The average molecular weight is 482 g/mol. The van der Waals surface area contributed by atoms with Gasteiger partial charge in [-0.15, -0.1) is 0 Å². The minimum Gasteiger partial charge on any atom is -0.493 e. The largest absolute Gasteiger partial charge is 0.493 e. The number of carboxylic acid groups (broad SMARTS) is 1. The van der Waals surface area contributed by atoms with Crippen molar-refractivity contribution in [3.05, 3.63) is 59.8 Å². The van der Waals surface area contributed by atoms with Gasteiger partial charge in [0.1, 0.15) is 0 Å². The molecule has 184 valence electrons. The molecule has 3 amide bonds. The monoisotopic (exact) mass is 481 g/mol. The van der Waals surface area contributed by atoms with Crippen molar-refractivity contribution < 1.29 is 33.8 Å². The smallest absolute Gasteiger partial charge is 0.316 e. The van der Waals surface area contributed by atoms with Gasteiger partial charge in [0.15, 0.2) is 23.3 Å². The number of urea groups is 1. The summed E-state index contributed by atoms with van der Waals surface area (Å²) in [5.74, 6) is -1.49. The summed E-state index contributed by atoms with van der Waals surface area (Å²) >= 11 is 0. The molecule has 0 saturated heterocycles.